The van der Waals surface area contributed by atoms with E-state index in [0.29, 0.717) is 0 Å². The number of amides is 1. The molecule has 1 aromatic rings. The van der Waals surface area contributed by atoms with Gasteiger partial charge in [0.1, 0.15) is 5.82 Å². The molecule has 0 bridgehead atoms. The quantitative estimate of drug-likeness (QED) is 0.691. The van der Waals surface area contributed by atoms with Gasteiger partial charge in [-0.25, -0.2) is 4.39 Å². The minimum atomic E-state index is -0.555. The molecule has 1 amide bonds. The lowest BCUT2D eigenvalue weighted by Crippen LogP contribution is -2.41. The van der Waals surface area contributed by atoms with Gasteiger partial charge in [-0.2, -0.15) is 0 Å². The van der Waals surface area contributed by atoms with Gasteiger partial charge in [0.25, 0.3) is 5.91 Å². The van der Waals surface area contributed by atoms with E-state index < -0.39 is 11.7 Å². The molecule has 0 radical (unpaired) electrons. The van der Waals surface area contributed by atoms with Gasteiger partial charge in [-0.3, -0.25) is 4.79 Å². The monoisotopic (exact) mass is 240 g/mol. The molecule has 0 aliphatic carbocycles. The Morgan fingerprint density at radius 3 is 2.59 bits per heavy atom. The van der Waals surface area contributed by atoms with Crippen LogP contribution in [0.15, 0.2) is 18.2 Å². The number of hydrogen-bond donors (Lipinski definition) is 3. The van der Waals surface area contributed by atoms with Gasteiger partial charge in [-0.15, -0.1) is 0 Å². The van der Waals surface area contributed by atoms with Gasteiger partial charge in [0.05, 0.1) is 12.6 Å². The lowest BCUT2D eigenvalue weighted by molar-refractivity contribution is 0.0896. The van der Waals surface area contributed by atoms with Crippen molar-refractivity contribution in [3.05, 3.63) is 29.6 Å². The van der Waals surface area contributed by atoms with Crippen LogP contribution in [0, 0.1) is 11.7 Å². The minimum Gasteiger partial charge on any atom is -0.399 e. The minimum absolute atomic E-state index is 0.0925. The summed E-state index contributed by atoms with van der Waals surface area (Å²) in [5.41, 5.74) is 5.80. The van der Waals surface area contributed by atoms with Crippen LogP contribution < -0.4 is 11.1 Å². The number of aliphatic hydroxyl groups is 1. The van der Waals surface area contributed by atoms with Gasteiger partial charge in [-0.05, 0) is 24.1 Å². The van der Waals surface area contributed by atoms with Gasteiger partial charge < -0.3 is 16.2 Å². The molecule has 4 nitrogen and oxygen atoms in total. The molecular weight excluding hydrogens is 223 g/mol. The zero-order valence-electron chi connectivity index (χ0n) is 9.90. The third-order valence-corrected chi connectivity index (χ3v) is 2.50. The lowest BCUT2D eigenvalue weighted by Gasteiger charge is -2.19. The number of nitrogens with two attached hydrogens (primary N) is 1. The van der Waals surface area contributed by atoms with E-state index in [9.17, 15) is 9.18 Å². The molecule has 0 aromatic heterocycles. The van der Waals surface area contributed by atoms with Crippen LogP contribution in [0.1, 0.15) is 24.2 Å². The summed E-state index contributed by atoms with van der Waals surface area (Å²) in [6.45, 7) is 3.59. The SMILES string of the molecule is CC(C)[C@@H](CO)NC(=O)c1cc(N)cc(F)c1. The Kier molecular flexibility index (Phi) is 4.45. The molecule has 5 heteroatoms. The Balaban J connectivity index is 2.82. The van der Waals surface area contributed by atoms with Crippen molar-refractivity contribution < 1.29 is 14.3 Å². The molecule has 0 heterocycles. The first-order chi connectivity index (χ1) is 7.93. The third-order valence-electron chi connectivity index (χ3n) is 2.50. The Hall–Kier alpha value is -1.62. The molecule has 0 unspecified atom stereocenters. The molecule has 1 atom stereocenters. The summed E-state index contributed by atoms with van der Waals surface area (Å²) < 4.78 is 13.1. The standard InChI is InChI=1S/C12H17FN2O2/c1-7(2)11(6-16)15-12(17)8-3-9(13)5-10(14)4-8/h3-5,7,11,16H,6,14H2,1-2H3,(H,15,17)/t11-/m1/s1. The van der Waals surface area contributed by atoms with Crippen molar-refractivity contribution in [2.45, 2.75) is 19.9 Å². The molecule has 17 heavy (non-hydrogen) atoms. The number of carbonyl (C=O) groups excluding carboxylic acids is 1. The van der Waals surface area contributed by atoms with Crippen molar-refractivity contribution in [3.63, 3.8) is 0 Å². The molecule has 1 aromatic carbocycles. The van der Waals surface area contributed by atoms with E-state index >= 15 is 0 Å². The van der Waals surface area contributed by atoms with Crippen LogP contribution in [0.4, 0.5) is 10.1 Å². The molecule has 4 N–H and O–H groups in total. The molecule has 0 saturated heterocycles. The van der Waals surface area contributed by atoms with Gasteiger partial charge in [0.2, 0.25) is 0 Å². The van der Waals surface area contributed by atoms with Crippen LogP contribution in [0.2, 0.25) is 0 Å². The number of anilines is 1. The van der Waals surface area contributed by atoms with Crippen LogP contribution in [0.5, 0.6) is 0 Å². The number of nitrogen functional groups attached to an aromatic ring is 1. The predicted octanol–water partition coefficient (Wildman–Crippen LogP) is 1.15. The third kappa shape index (κ3) is 3.71. The van der Waals surface area contributed by atoms with Crippen LogP contribution in [-0.4, -0.2) is 23.7 Å². The fraction of sp³-hybridized carbons (Fsp3) is 0.417. The van der Waals surface area contributed by atoms with Gasteiger partial charge in [-0.1, -0.05) is 13.8 Å². The smallest absolute Gasteiger partial charge is 0.251 e. The molecule has 1 rings (SSSR count). The highest BCUT2D eigenvalue weighted by molar-refractivity contribution is 5.95. The Labute approximate surface area is 99.6 Å². The van der Waals surface area contributed by atoms with Crippen molar-refractivity contribution in [3.8, 4) is 0 Å². The summed E-state index contributed by atoms with van der Waals surface area (Å²) in [6.07, 6.45) is 0. The van der Waals surface area contributed by atoms with E-state index in [1.165, 1.54) is 6.07 Å². The summed E-state index contributed by atoms with van der Waals surface area (Å²) in [4.78, 5) is 11.8. The first-order valence-corrected chi connectivity index (χ1v) is 5.42. The molecule has 0 aliphatic rings. The van der Waals surface area contributed by atoms with Crippen LogP contribution >= 0.6 is 0 Å². The van der Waals surface area contributed by atoms with E-state index in [0.717, 1.165) is 12.1 Å². The average Bonchev–Trinajstić information content (AvgIpc) is 2.23. The first kappa shape index (κ1) is 13.4. The maximum Gasteiger partial charge on any atom is 0.251 e. The summed E-state index contributed by atoms with van der Waals surface area (Å²) in [6, 6.07) is 3.29. The molecule has 94 valence electrons. The fourth-order valence-electron chi connectivity index (χ4n) is 1.42. The summed E-state index contributed by atoms with van der Waals surface area (Å²) in [7, 11) is 0. The second-order valence-corrected chi connectivity index (χ2v) is 4.28. The lowest BCUT2D eigenvalue weighted by atomic mass is 10.0. The van der Waals surface area contributed by atoms with Crippen molar-refractivity contribution in [1.82, 2.24) is 5.32 Å². The highest BCUT2D eigenvalue weighted by atomic mass is 19.1. The number of carbonyl (C=O) groups is 1. The van der Waals surface area contributed by atoms with Crippen LogP contribution in [0.3, 0.4) is 0 Å². The molecule has 0 saturated carbocycles. The van der Waals surface area contributed by atoms with Gasteiger partial charge >= 0.3 is 0 Å². The average molecular weight is 240 g/mol. The fourth-order valence-corrected chi connectivity index (χ4v) is 1.42. The summed E-state index contributed by atoms with van der Waals surface area (Å²) in [5.74, 6) is -0.904. The second-order valence-electron chi connectivity index (χ2n) is 4.28. The first-order valence-electron chi connectivity index (χ1n) is 5.42. The largest absolute Gasteiger partial charge is 0.399 e. The Morgan fingerprint density at radius 1 is 1.47 bits per heavy atom. The summed E-state index contributed by atoms with van der Waals surface area (Å²) >= 11 is 0. The zero-order chi connectivity index (χ0) is 13.0. The normalized spacial score (nSPS) is 12.5. The summed E-state index contributed by atoms with van der Waals surface area (Å²) in [5, 5.41) is 11.7. The highest BCUT2D eigenvalue weighted by Gasteiger charge is 2.16. The maximum absolute atomic E-state index is 13.1. The van der Waals surface area contributed by atoms with Crippen molar-refractivity contribution in [2.75, 3.05) is 12.3 Å². The molecular formula is C12H17FN2O2. The van der Waals surface area contributed by atoms with E-state index in [1.807, 2.05) is 13.8 Å². The van der Waals surface area contributed by atoms with Gasteiger partial charge in [0, 0.05) is 11.3 Å². The molecule has 0 spiro atoms. The number of aliphatic hydroxyl groups excluding tert-OH is 1. The maximum atomic E-state index is 13.1. The second kappa shape index (κ2) is 5.63. The van der Waals surface area contributed by atoms with E-state index in [1.54, 1.807) is 0 Å². The number of benzene rings is 1. The van der Waals surface area contributed by atoms with Crippen LogP contribution in [0.25, 0.3) is 0 Å². The molecule has 0 fully saturated rings. The van der Waals surface area contributed by atoms with E-state index in [-0.39, 0.29) is 29.8 Å². The zero-order valence-corrected chi connectivity index (χ0v) is 9.90. The number of halogens is 1. The van der Waals surface area contributed by atoms with Crippen molar-refractivity contribution in [1.29, 1.82) is 0 Å². The topological polar surface area (TPSA) is 75.3 Å². The number of hydrogen-bond acceptors (Lipinski definition) is 3. The van der Waals surface area contributed by atoms with Crippen LogP contribution in [-0.2, 0) is 0 Å². The molecule has 0 aliphatic heterocycles. The van der Waals surface area contributed by atoms with E-state index in [2.05, 4.69) is 5.32 Å². The number of rotatable bonds is 4. The highest BCUT2D eigenvalue weighted by Crippen LogP contribution is 2.11. The van der Waals surface area contributed by atoms with E-state index in [4.69, 9.17) is 10.8 Å². The van der Waals surface area contributed by atoms with Crippen molar-refractivity contribution in [2.24, 2.45) is 5.92 Å². The van der Waals surface area contributed by atoms with Gasteiger partial charge in [0.15, 0.2) is 0 Å². The Morgan fingerprint density at radius 2 is 2.12 bits per heavy atom. The number of nitrogens with one attached hydrogen (secondary N) is 1. The Bertz CT molecular complexity index is 387. The van der Waals surface area contributed by atoms with Crippen molar-refractivity contribution >= 4 is 11.6 Å². The predicted molar refractivity (Wildman–Crippen MR) is 64.0 cm³/mol.